The summed E-state index contributed by atoms with van der Waals surface area (Å²) in [6.45, 7) is 4.66. The lowest BCUT2D eigenvalue weighted by molar-refractivity contribution is -0.117. The van der Waals surface area contributed by atoms with Gasteiger partial charge < -0.3 is 18.9 Å². The predicted octanol–water partition coefficient (Wildman–Crippen LogP) is 4.05. The number of rotatable bonds is 3. The second-order valence-corrected chi connectivity index (χ2v) is 10.4. The van der Waals surface area contributed by atoms with E-state index in [0.717, 1.165) is 57.2 Å². The first-order valence-corrected chi connectivity index (χ1v) is 12.5. The fraction of sp³-hybridized carbons (Fsp3) is 0.321. The summed E-state index contributed by atoms with van der Waals surface area (Å²) >= 11 is 0. The number of aryl methyl sites for hydroxylation is 1. The number of benzene rings is 1. The molecule has 37 heavy (non-hydrogen) atoms. The minimum absolute atomic E-state index is 0.103. The lowest BCUT2D eigenvalue weighted by Crippen LogP contribution is -2.40. The summed E-state index contributed by atoms with van der Waals surface area (Å²) < 4.78 is 14.2. The molecule has 186 valence electrons. The summed E-state index contributed by atoms with van der Waals surface area (Å²) in [4.78, 5) is 23.7. The van der Waals surface area contributed by atoms with Gasteiger partial charge in [-0.3, -0.25) is 9.78 Å². The molecule has 7 rings (SSSR count). The maximum Gasteiger partial charge on any atom is 0.238 e. The van der Waals surface area contributed by atoms with Crippen LogP contribution in [0.5, 0.6) is 11.6 Å². The minimum atomic E-state index is -0.546. The van der Waals surface area contributed by atoms with Gasteiger partial charge in [0.1, 0.15) is 30.0 Å². The van der Waals surface area contributed by atoms with E-state index in [1.807, 2.05) is 47.1 Å². The van der Waals surface area contributed by atoms with Crippen LogP contribution in [-0.2, 0) is 23.9 Å². The highest BCUT2D eigenvalue weighted by Crippen LogP contribution is 2.46. The number of anilines is 1. The molecule has 3 aliphatic heterocycles. The monoisotopic (exact) mass is 494 g/mol. The Morgan fingerprint density at radius 2 is 2.00 bits per heavy atom. The van der Waals surface area contributed by atoms with Crippen LogP contribution < -0.4 is 14.4 Å². The van der Waals surface area contributed by atoms with Crippen molar-refractivity contribution in [2.45, 2.75) is 44.8 Å². The molecule has 0 bridgehead atoms. The van der Waals surface area contributed by atoms with Crippen LogP contribution in [0.3, 0.4) is 0 Å². The van der Waals surface area contributed by atoms with Crippen molar-refractivity contribution in [1.29, 1.82) is 0 Å². The molecule has 3 aliphatic rings. The number of nitrogens with zero attached hydrogens (tertiary/aromatic N) is 6. The van der Waals surface area contributed by atoms with Crippen LogP contribution in [0.2, 0.25) is 0 Å². The number of hydrogen-bond donors (Lipinski definition) is 0. The van der Waals surface area contributed by atoms with E-state index in [1.54, 1.807) is 6.33 Å². The van der Waals surface area contributed by atoms with Crippen molar-refractivity contribution in [3.63, 3.8) is 0 Å². The molecule has 0 spiro atoms. The quantitative estimate of drug-likeness (QED) is 0.424. The van der Waals surface area contributed by atoms with Gasteiger partial charge >= 0.3 is 0 Å². The second kappa shape index (κ2) is 7.86. The largest absolute Gasteiger partial charge is 0.482 e. The first-order chi connectivity index (χ1) is 17.9. The summed E-state index contributed by atoms with van der Waals surface area (Å²) in [6.07, 6.45) is 7.41. The summed E-state index contributed by atoms with van der Waals surface area (Å²) in [5.74, 6) is 2.26. The molecule has 0 unspecified atom stereocenters. The molecular formula is C28H26N6O3. The molecule has 0 radical (unpaired) electrons. The molecule has 0 saturated carbocycles. The minimum Gasteiger partial charge on any atom is -0.482 e. The normalized spacial score (nSPS) is 18.8. The van der Waals surface area contributed by atoms with E-state index in [0.29, 0.717) is 25.3 Å². The van der Waals surface area contributed by atoms with Gasteiger partial charge in [0.25, 0.3) is 0 Å². The molecule has 1 aromatic carbocycles. The Morgan fingerprint density at radius 1 is 1.11 bits per heavy atom. The molecular weight excluding hydrogens is 468 g/mol. The molecule has 6 heterocycles. The maximum atomic E-state index is 12.5. The average Bonchev–Trinajstić information content (AvgIpc) is 3.49. The van der Waals surface area contributed by atoms with Gasteiger partial charge in [-0.1, -0.05) is 6.07 Å². The Morgan fingerprint density at radius 3 is 2.84 bits per heavy atom. The molecule has 1 fully saturated rings. The standard InChI is InChI=1S/C28H26N6O3/c1-28(2)22-11-18(8-16-9-23-27(30-12-16)36-14-19-5-7-25(35)34(19)23)29-13-21(22)20-6-4-17(10-24(20)37-28)26-32-31-15-33(26)3/h4,6,9-13,15,19H,5,7-8,14H2,1-3H3/t19-/m0/s1. The van der Waals surface area contributed by atoms with Gasteiger partial charge in [-0.2, -0.15) is 0 Å². The van der Waals surface area contributed by atoms with Crippen molar-refractivity contribution >= 4 is 11.6 Å². The van der Waals surface area contributed by atoms with Crippen molar-refractivity contribution in [2.75, 3.05) is 11.5 Å². The highest BCUT2D eigenvalue weighted by molar-refractivity contribution is 5.97. The van der Waals surface area contributed by atoms with Crippen LogP contribution in [0.15, 0.2) is 49.1 Å². The molecule has 1 saturated heterocycles. The van der Waals surface area contributed by atoms with Gasteiger partial charge in [-0.25, -0.2) is 4.98 Å². The topological polar surface area (TPSA) is 95.3 Å². The molecule has 1 atom stereocenters. The van der Waals surface area contributed by atoms with Gasteiger partial charge in [0.2, 0.25) is 11.8 Å². The maximum absolute atomic E-state index is 12.5. The van der Waals surface area contributed by atoms with E-state index >= 15 is 0 Å². The molecule has 4 aromatic rings. The third-order valence-electron chi connectivity index (χ3n) is 7.49. The van der Waals surface area contributed by atoms with Crippen molar-refractivity contribution in [3.05, 3.63) is 65.9 Å². The summed E-state index contributed by atoms with van der Waals surface area (Å²) in [6, 6.07) is 10.4. The number of hydrogen-bond acceptors (Lipinski definition) is 7. The van der Waals surface area contributed by atoms with Crippen molar-refractivity contribution in [3.8, 4) is 34.1 Å². The fourth-order valence-corrected chi connectivity index (χ4v) is 5.63. The Hall–Kier alpha value is -4.27. The Labute approximate surface area is 214 Å². The van der Waals surface area contributed by atoms with Crippen molar-refractivity contribution < 1.29 is 14.3 Å². The summed E-state index contributed by atoms with van der Waals surface area (Å²) in [5, 5.41) is 8.22. The number of amides is 1. The third kappa shape index (κ3) is 3.48. The molecule has 1 amide bonds. The van der Waals surface area contributed by atoms with Crippen LogP contribution in [0.4, 0.5) is 5.69 Å². The van der Waals surface area contributed by atoms with Gasteiger partial charge in [-0.05, 0) is 50.1 Å². The number of aromatic nitrogens is 5. The van der Waals surface area contributed by atoms with Crippen LogP contribution in [0.25, 0.3) is 22.5 Å². The molecule has 3 aromatic heterocycles. The van der Waals surface area contributed by atoms with E-state index in [2.05, 4.69) is 41.2 Å². The lowest BCUT2D eigenvalue weighted by atomic mass is 9.86. The number of ether oxygens (including phenoxy) is 2. The molecule has 9 heteroatoms. The van der Waals surface area contributed by atoms with Crippen molar-refractivity contribution in [1.82, 2.24) is 24.7 Å². The second-order valence-electron chi connectivity index (χ2n) is 10.4. The first kappa shape index (κ1) is 22.0. The Kier molecular flexibility index (Phi) is 4.67. The van der Waals surface area contributed by atoms with Crippen LogP contribution in [0.1, 0.15) is 43.5 Å². The summed E-state index contributed by atoms with van der Waals surface area (Å²) in [5.41, 5.74) is 6.22. The van der Waals surface area contributed by atoms with Crippen LogP contribution >= 0.6 is 0 Å². The summed E-state index contributed by atoms with van der Waals surface area (Å²) in [7, 11) is 1.92. The van der Waals surface area contributed by atoms with Gasteiger partial charge in [0.15, 0.2) is 5.82 Å². The number of carbonyl (C=O) groups excluding carboxylic acids is 1. The van der Waals surface area contributed by atoms with Crippen LogP contribution in [-0.4, -0.2) is 43.3 Å². The predicted molar refractivity (Wildman–Crippen MR) is 136 cm³/mol. The molecule has 0 aliphatic carbocycles. The fourth-order valence-electron chi connectivity index (χ4n) is 5.63. The van der Waals surface area contributed by atoms with Crippen molar-refractivity contribution in [2.24, 2.45) is 7.05 Å². The smallest absolute Gasteiger partial charge is 0.238 e. The van der Waals surface area contributed by atoms with E-state index in [4.69, 9.17) is 14.5 Å². The molecule has 0 N–H and O–H groups in total. The zero-order valence-corrected chi connectivity index (χ0v) is 20.9. The van der Waals surface area contributed by atoms with E-state index in [1.165, 1.54) is 0 Å². The third-order valence-corrected chi connectivity index (χ3v) is 7.49. The highest BCUT2D eigenvalue weighted by Gasteiger charge is 2.38. The first-order valence-electron chi connectivity index (χ1n) is 12.5. The van der Waals surface area contributed by atoms with E-state index < -0.39 is 5.60 Å². The highest BCUT2D eigenvalue weighted by atomic mass is 16.5. The number of fused-ring (bicyclic) bond motifs is 6. The Balaban J connectivity index is 1.22. The zero-order chi connectivity index (χ0) is 25.3. The van der Waals surface area contributed by atoms with Gasteiger partial charge in [-0.15, -0.1) is 10.2 Å². The number of pyridine rings is 2. The SMILES string of the molecule is Cn1cnnc1-c1ccc2c(c1)OC(C)(C)c1cc(Cc3cnc4c(c3)N3C(=O)CC[C@H]3CO4)ncc1-2. The lowest BCUT2D eigenvalue weighted by Gasteiger charge is -2.35. The Bertz CT molecular complexity index is 1580. The average molecular weight is 495 g/mol. The zero-order valence-electron chi connectivity index (χ0n) is 20.9. The van der Waals surface area contributed by atoms with Gasteiger partial charge in [0, 0.05) is 60.2 Å². The van der Waals surface area contributed by atoms with Gasteiger partial charge in [0.05, 0.1) is 6.04 Å². The molecule has 9 nitrogen and oxygen atoms in total. The van der Waals surface area contributed by atoms with Crippen LogP contribution in [0, 0.1) is 0 Å². The number of carbonyl (C=O) groups is 1. The van der Waals surface area contributed by atoms with E-state index in [-0.39, 0.29) is 11.9 Å². The van der Waals surface area contributed by atoms with E-state index in [9.17, 15) is 4.79 Å².